The van der Waals surface area contributed by atoms with Crippen LogP contribution in [0.25, 0.3) is 0 Å². The number of aromatic nitrogens is 1. The molecule has 2 aromatic rings. The first-order chi connectivity index (χ1) is 11.1. The molecule has 3 rings (SSSR count). The molecule has 8 heteroatoms. The Morgan fingerprint density at radius 3 is 2.67 bits per heavy atom. The van der Waals surface area contributed by atoms with E-state index in [1.807, 2.05) is 24.0 Å². The summed E-state index contributed by atoms with van der Waals surface area (Å²) in [5.74, 6) is 0.802. The normalized spacial score (nSPS) is 14.2. The number of halogens is 2. The zero-order valence-corrected chi connectivity index (χ0v) is 15.6. The molecule has 1 saturated heterocycles. The van der Waals surface area contributed by atoms with Crippen molar-refractivity contribution >= 4 is 41.3 Å². The van der Waals surface area contributed by atoms with Gasteiger partial charge in [-0.1, -0.05) is 11.6 Å². The van der Waals surface area contributed by atoms with Gasteiger partial charge in [-0.25, -0.2) is 4.98 Å². The van der Waals surface area contributed by atoms with Gasteiger partial charge in [0.25, 0.3) is 5.91 Å². The summed E-state index contributed by atoms with van der Waals surface area (Å²) < 4.78 is 5.69. The van der Waals surface area contributed by atoms with Crippen LogP contribution >= 0.6 is 35.3 Å². The van der Waals surface area contributed by atoms with Crippen molar-refractivity contribution in [2.75, 3.05) is 26.2 Å². The molecule has 1 aromatic heterocycles. The van der Waals surface area contributed by atoms with Gasteiger partial charge in [-0.05, 0) is 31.2 Å². The number of carbonyl (C=O) groups excluding carboxylic acids is 1. The maximum Gasteiger partial charge on any atom is 0.265 e. The maximum atomic E-state index is 12.6. The van der Waals surface area contributed by atoms with Crippen LogP contribution in [-0.2, 0) is 6.61 Å². The summed E-state index contributed by atoms with van der Waals surface area (Å²) in [5, 5.41) is 4.72. The lowest BCUT2D eigenvalue weighted by Crippen LogP contribution is -2.46. The molecule has 130 valence electrons. The number of hydrogen-bond donors (Lipinski definition) is 1. The average Bonchev–Trinajstić information content (AvgIpc) is 2.95. The van der Waals surface area contributed by atoms with Gasteiger partial charge in [-0.2, -0.15) is 0 Å². The minimum Gasteiger partial charge on any atom is -0.486 e. The number of carbonyl (C=O) groups is 1. The van der Waals surface area contributed by atoms with E-state index >= 15 is 0 Å². The highest BCUT2D eigenvalue weighted by molar-refractivity contribution is 7.13. The summed E-state index contributed by atoms with van der Waals surface area (Å²) >= 11 is 7.26. The molecular weight excluding hydrogens is 369 g/mol. The summed E-state index contributed by atoms with van der Waals surface area (Å²) in [7, 11) is 0. The van der Waals surface area contributed by atoms with E-state index in [1.165, 1.54) is 11.3 Å². The quantitative estimate of drug-likeness (QED) is 0.875. The molecule has 1 N–H and O–H groups in total. The van der Waals surface area contributed by atoms with Crippen LogP contribution < -0.4 is 10.1 Å². The fourth-order valence-electron chi connectivity index (χ4n) is 2.40. The van der Waals surface area contributed by atoms with Crippen molar-refractivity contribution in [3.05, 3.63) is 44.9 Å². The molecule has 24 heavy (non-hydrogen) atoms. The first-order valence-electron chi connectivity index (χ1n) is 7.48. The second kappa shape index (κ2) is 8.67. The van der Waals surface area contributed by atoms with Gasteiger partial charge >= 0.3 is 0 Å². The van der Waals surface area contributed by atoms with Gasteiger partial charge in [0.05, 0.1) is 5.69 Å². The van der Waals surface area contributed by atoms with Crippen LogP contribution in [0, 0.1) is 6.92 Å². The minimum absolute atomic E-state index is 0. The van der Waals surface area contributed by atoms with E-state index in [9.17, 15) is 4.79 Å². The highest BCUT2D eigenvalue weighted by atomic mass is 35.5. The van der Waals surface area contributed by atoms with Crippen molar-refractivity contribution in [1.29, 1.82) is 0 Å². The topological polar surface area (TPSA) is 54.5 Å². The number of thiazole rings is 1. The van der Waals surface area contributed by atoms with Gasteiger partial charge in [0.15, 0.2) is 0 Å². The number of rotatable bonds is 4. The third-order valence-corrected chi connectivity index (χ3v) is 4.99. The number of nitrogens with zero attached hydrogens (tertiary/aromatic N) is 2. The second-order valence-corrected chi connectivity index (χ2v) is 6.83. The predicted octanol–water partition coefficient (Wildman–Crippen LogP) is 3.15. The summed E-state index contributed by atoms with van der Waals surface area (Å²) in [6.45, 7) is 5.39. The monoisotopic (exact) mass is 387 g/mol. The Hall–Kier alpha value is -1.34. The van der Waals surface area contributed by atoms with Gasteiger partial charge in [0.1, 0.15) is 22.2 Å². The first-order valence-corrected chi connectivity index (χ1v) is 8.67. The van der Waals surface area contributed by atoms with Crippen molar-refractivity contribution in [1.82, 2.24) is 15.2 Å². The Morgan fingerprint density at radius 1 is 1.33 bits per heavy atom. The molecule has 1 amide bonds. The van der Waals surface area contributed by atoms with Crippen LogP contribution in [0.2, 0.25) is 5.02 Å². The summed E-state index contributed by atoms with van der Waals surface area (Å²) in [4.78, 5) is 19.6. The van der Waals surface area contributed by atoms with Crippen LogP contribution in [0.5, 0.6) is 5.75 Å². The number of aryl methyl sites for hydroxylation is 1. The molecule has 1 fully saturated rings. The first kappa shape index (κ1) is 19.0. The Bertz CT molecular complexity index is 685. The van der Waals surface area contributed by atoms with Gasteiger partial charge in [-0.15, -0.1) is 23.7 Å². The van der Waals surface area contributed by atoms with Crippen LogP contribution in [0.1, 0.15) is 20.4 Å². The molecule has 0 spiro atoms. The zero-order chi connectivity index (χ0) is 16.2. The van der Waals surface area contributed by atoms with E-state index in [1.54, 1.807) is 12.1 Å². The maximum absolute atomic E-state index is 12.6. The van der Waals surface area contributed by atoms with Crippen molar-refractivity contribution in [3.8, 4) is 5.75 Å². The molecule has 0 bridgehead atoms. The van der Waals surface area contributed by atoms with Gasteiger partial charge < -0.3 is 15.0 Å². The molecule has 0 unspecified atom stereocenters. The zero-order valence-electron chi connectivity index (χ0n) is 13.3. The number of hydrogen-bond acceptors (Lipinski definition) is 5. The van der Waals surface area contributed by atoms with Crippen LogP contribution in [-0.4, -0.2) is 42.0 Å². The largest absolute Gasteiger partial charge is 0.486 e. The molecule has 1 aliphatic heterocycles. The Labute approximate surface area is 156 Å². The van der Waals surface area contributed by atoms with Crippen molar-refractivity contribution in [2.24, 2.45) is 0 Å². The summed E-state index contributed by atoms with van der Waals surface area (Å²) in [6, 6.07) is 7.19. The number of nitrogens with one attached hydrogen (secondary N) is 1. The van der Waals surface area contributed by atoms with Crippen molar-refractivity contribution in [2.45, 2.75) is 13.5 Å². The molecule has 0 aliphatic carbocycles. The molecule has 5 nitrogen and oxygen atoms in total. The number of piperazine rings is 1. The van der Waals surface area contributed by atoms with E-state index in [4.69, 9.17) is 16.3 Å². The smallest absolute Gasteiger partial charge is 0.265 e. The van der Waals surface area contributed by atoms with E-state index < -0.39 is 0 Å². The SMILES string of the molecule is Cc1nc(COc2ccc(Cl)cc2)sc1C(=O)N1CCNCC1.Cl. The number of ether oxygens (including phenoxy) is 1. The van der Waals surface area contributed by atoms with Crippen molar-refractivity contribution < 1.29 is 9.53 Å². The molecule has 1 aliphatic rings. The van der Waals surface area contributed by atoms with Crippen LogP contribution in [0.3, 0.4) is 0 Å². The standard InChI is InChI=1S/C16H18ClN3O2S.ClH/c1-11-15(16(21)20-8-6-18-7-9-20)23-14(19-11)10-22-13-4-2-12(17)3-5-13;/h2-5,18H,6-10H2,1H3;1H. The van der Waals surface area contributed by atoms with Crippen molar-refractivity contribution in [3.63, 3.8) is 0 Å². The summed E-state index contributed by atoms with van der Waals surface area (Å²) in [6.07, 6.45) is 0. The molecule has 0 radical (unpaired) electrons. The lowest BCUT2D eigenvalue weighted by atomic mass is 10.3. The highest BCUT2D eigenvalue weighted by Gasteiger charge is 2.22. The molecular formula is C16H19Cl2N3O2S. The Morgan fingerprint density at radius 2 is 2.00 bits per heavy atom. The molecule has 0 saturated carbocycles. The average molecular weight is 388 g/mol. The summed E-state index contributed by atoms with van der Waals surface area (Å²) in [5.41, 5.74) is 0.772. The van der Waals surface area contributed by atoms with Gasteiger partial charge in [0, 0.05) is 31.2 Å². The van der Waals surface area contributed by atoms with Gasteiger partial charge in [0.2, 0.25) is 0 Å². The van der Waals surface area contributed by atoms with Crippen LogP contribution in [0.4, 0.5) is 0 Å². The number of amides is 1. The molecule has 0 atom stereocenters. The minimum atomic E-state index is 0. The van der Waals surface area contributed by atoms with E-state index in [-0.39, 0.29) is 18.3 Å². The van der Waals surface area contributed by atoms with Gasteiger partial charge in [-0.3, -0.25) is 4.79 Å². The Balaban J connectivity index is 0.00000208. The van der Waals surface area contributed by atoms with E-state index in [2.05, 4.69) is 10.3 Å². The fraction of sp³-hybridized carbons (Fsp3) is 0.375. The second-order valence-electron chi connectivity index (χ2n) is 5.31. The molecule has 1 aromatic carbocycles. The lowest BCUT2D eigenvalue weighted by Gasteiger charge is -2.27. The third kappa shape index (κ3) is 4.60. The fourth-order valence-corrected chi connectivity index (χ4v) is 3.47. The van der Waals surface area contributed by atoms with E-state index in [0.717, 1.165) is 42.6 Å². The number of benzene rings is 1. The molecule has 2 heterocycles. The predicted molar refractivity (Wildman–Crippen MR) is 98.7 cm³/mol. The lowest BCUT2D eigenvalue weighted by molar-refractivity contribution is 0.0739. The Kier molecular flexibility index (Phi) is 6.86. The van der Waals surface area contributed by atoms with Crippen LogP contribution in [0.15, 0.2) is 24.3 Å². The highest BCUT2D eigenvalue weighted by Crippen LogP contribution is 2.23. The third-order valence-electron chi connectivity index (χ3n) is 3.62. The van der Waals surface area contributed by atoms with E-state index in [0.29, 0.717) is 16.5 Å².